The number of rotatable bonds is 6. The van der Waals surface area contributed by atoms with E-state index in [1.54, 1.807) is 7.11 Å². The first-order valence-electron chi connectivity index (χ1n) is 14.8. The Labute approximate surface area is 243 Å². The minimum atomic E-state index is -0.779. The molecule has 0 radical (unpaired) electrons. The fraction of sp³-hybridized carbons (Fsp3) is 0.531. The summed E-state index contributed by atoms with van der Waals surface area (Å²) in [7, 11) is 1.61. The van der Waals surface area contributed by atoms with E-state index in [9.17, 15) is 14.4 Å². The van der Waals surface area contributed by atoms with Gasteiger partial charge in [0, 0.05) is 13.1 Å². The summed E-state index contributed by atoms with van der Waals surface area (Å²) < 4.78 is 11.4. The topological polar surface area (TPSA) is 118 Å². The molecule has 41 heavy (non-hydrogen) atoms. The van der Waals surface area contributed by atoms with E-state index in [1.807, 2.05) is 62.4 Å². The van der Waals surface area contributed by atoms with Crippen LogP contribution in [0, 0.1) is 11.8 Å². The monoisotopic (exact) mass is 564 g/mol. The van der Waals surface area contributed by atoms with Crippen molar-refractivity contribution < 1.29 is 23.9 Å². The van der Waals surface area contributed by atoms with Gasteiger partial charge in [-0.2, -0.15) is 0 Å². The maximum absolute atomic E-state index is 13.6. The predicted octanol–water partition coefficient (Wildman–Crippen LogP) is 2.76. The van der Waals surface area contributed by atoms with E-state index in [0.29, 0.717) is 38.5 Å². The molecular weight excluding hydrogens is 520 g/mol. The van der Waals surface area contributed by atoms with Crippen LogP contribution in [0.5, 0.6) is 11.5 Å². The number of amides is 3. The molecule has 0 spiro atoms. The predicted molar refractivity (Wildman–Crippen MR) is 158 cm³/mol. The van der Waals surface area contributed by atoms with Crippen LogP contribution < -0.4 is 30.7 Å². The molecule has 2 aliphatic rings. The molecule has 9 nitrogen and oxygen atoms in total. The van der Waals surface area contributed by atoms with Gasteiger partial charge in [0.25, 0.3) is 0 Å². The number of benzene rings is 2. The van der Waals surface area contributed by atoms with Crippen molar-refractivity contribution in [1.29, 1.82) is 0 Å². The molecule has 0 bridgehead atoms. The fourth-order valence-electron chi connectivity index (χ4n) is 5.08. The quantitative estimate of drug-likeness (QED) is 0.429. The van der Waals surface area contributed by atoms with Gasteiger partial charge in [0.05, 0.1) is 13.2 Å². The van der Waals surface area contributed by atoms with Crippen molar-refractivity contribution in [2.24, 2.45) is 11.8 Å². The molecule has 4 rings (SSSR count). The van der Waals surface area contributed by atoms with E-state index in [0.717, 1.165) is 48.3 Å². The Hall–Kier alpha value is -3.59. The van der Waals surface area contributed by atoms with Crippen LogP contribution in [0.3, 0.4) is 0 Å². The van der Waals surface area contributed by atoms with Crippen molar-refractivity contribution >= 4 is 17.7 Å². The highest BCUT2D eigenvalue weighted by molar-refractivity contribution is 5.93. The highest BCUT2D eigenvalue weighted by Gasteiger charge is 2.34. The molecule has 0 saturated heterocycles. The summed E-state index contributed by atoms with van der Waals surface area (Å²) in [5.41, 5.74) is 2.02. The molecule has 1 saturated carbocycles. The highest BCUT2D eigenvalue weighted by atomic mass is 16.5. The third kappa shape index (κ3) is 9.21. The number of methoxy groups -OCH3 is 1. The normalized spacial score (nSPS) is 23.2. The van der Waals surface area contributed by atoms with E-state index in [4.69, 9.17) is 9.47 Å². The van der Waals surface area contributed by atoms with Crippen LogP contribution in [0.15, 0.2) is 48.5 Å². The van der Waals surface area contributed by atoms with Gasteiger partial charge in [0.15, 0.2) is 0 Å². The third-order valence-corrected chi connectivity index (χ3v) is 7.71. The molecule has 222 valence electrons. The van der Waals surface area contributed by atoms with Crippen molar-refractivity contribution in [2.45, 2.75) is 70.5 Å². The molecule has 0 aromatic heterocycles. The van der Waals surface area contributed by atoms with Gasteiger partial charge in [-0.05, 0) is 66.8 Å². The van der Waals surface area contributed by atoms with Crippen LogP contribution >= 0.6 is 0 Å². The maximum atomic E-state index is 13.6. The van der Waals surface area contributed by atoms with Gasteiger partial charge in [-0.15, -0.1) is 0 Å². The SMILES string of the molecule is COc1ccc(C[C@H]2NCCOc3ccccc3CCCNC(=O)[C@H](CC3CC3)NC(=O)[C@@H](C(C)C)NC2=O)cc1. The van der Waals surface area contributed by atoms with Gasteiger partial charge in [-0.25, -0.2) is 0 Å². The van der Waals surface area contributed by atoms with Crippen molar-refractivity contribution in [3.8, 4) is 11.5 Å². The Morgan fingerprint density at radius 1 is 0.902 bits per heavy atom. The Kier molecular flexibility index (Phi) is 11.0. The van der Waals surface area contributed by atoms with Gasteiger partial charge in [-0.3, -0.25) is 14.4 Å². The first-order chi connectivity index (χ1) is 19.8. The summed E-state index contributed by atoms with van der Waals surface area (Å²) in [4.78, 5) is 40.2. The van der Waals surface area contributed by atoms with Crippen molar-refractivity contribution in [3.63, 3.8) is 0 Å². The lowest BCUT2D eigenvalue weighted by Gasteiger charge is -2.27. The van der Waals surface area contributed by atoms with E-state index in [-0.39, 0.29) is 23.6 Å². The molecule has 2 aromatic rings. The number of carbonyl (C=O) groups excluding carboxylic acids is 3. The zero-order valence-corrected chi connectivity index (χ0v) is 24.4. The summed E-state index contributed by atoms with van der Waals surface area (Å²) >= 11 is 0. The molecule has 0 unspecified atom stereocenters. The molecule has 9 heteroatoms. The minimum Gasteiger partial charge on any atom is -0.497 e. The molecular formula is C32H44N4O5. The minimum absolute atomic E-state index is 0.171. The largest absolute Gasteiger partial charge is 0.497 e. The average Bonchev–Trinajstić information content (AvgIpc) is 3.79. The average molecular weight is 565 g/mol. The Morgan fingerprint density at radius 2 is 1.66 bits per heavy atom. The van der Waals surface area contributed by atoms with Gasteiger partial charge in [-0.1, -0.05) is 57.0 Å². The molecule has 3 amide bonds. The number of nitrogens with one attached hydrogen (secondary N) is 4. The number of para-hydroxylation sites is 1. The zero-order valence-electron chi connectivity index (χ0n) is 24.4. The Balaban J connectivity index is 1.55. The Morgan fingerprint density at radius 3 is 2.37 bits per heavy atom. The van der Waals surface area contributed by atoms with E-state index in [2.05, 4.69) is 21.3 Å². The van der Waals surface area contributed by atoms with Gasteiger partial charge < -0.3 is 30.7 Å². The second kappa shape index (κ2) is 14.9. The first kappa shape index (κ1) is 30.4. The van der Waals surface area contributed by atoms with Gasteiger partial charge >= 0.3 is 0 Å². The second-order valence-electron chi connectivity index (χ2n) is 11.4. The molecule has 1 fully saturated rings. The van der Waals surface area contributed by atoms with Crippen LogP contribution in [0.25, 0.3) is 0 Å². The summed E-state index contributed by atoms with van der Waals surface area (Å²) in [5.74, 6) is 1.02. The van der Waals surface area contributed by atoms with Crippen LogP contribution in [0.4, 0.5) is 0 Å². The summed E-state index contributed by atoms with van der Waals surface area (Å²) in [6.07, 6.45) is 4.67. The number of fused-ring (bicyclic) bond motifs is 1. The maximum Gasteiger partial charge on any atom is 0.243 e. The smallest absolute Gasteiger partial charge is 0.243 e. The summed E-state index contributed by atoms with van der Waals surface area (Å²) in [6, 6.07) is 13.5. The molecule has 2 aromatic carbocycles. The first-order valence-corrected chi connectivity index (χ1v) is 14.8. The van der Waals surface area contributed by atoms with E-state index < -0.39 is 18.1 Å². The van der Waals surface area contributed by atoms with Crippen LogP contribution in [0.2, 0.25) is 0 Å². The lowest BCUT2D eigenvalue weighted by molar-refractivity contribution is -0.133. The Bertz CT molecular complexity index is 1160. The van der Waals surface area contributed by atoms with Crippen LogP contribution in [0.1, 0.15) is 50.7 Å². The lowest BCUT2D eigenvalue weighted by atomic mass is 10.00. The van der Waals surface area contributed by atoms with Gasteiger partial charge in [0.2, 0.25) is 17.7 Å². The van der Waals surface area contributed by atoms with Crippen molar-refractivity contribution in [2.75, 3.05) is 26.8 Å². The number of aryl methyl sites for hydroxylation is 1. The second-order valence-corrected chi connectivity index (χ2v) is 11.4. The highest BCUT2D eigenvalue weighted by Crippen LogP contribution is 2.33. The molecule has 1 aliphatic carbocycles. The number of hydrogen-bond donors (Lipinski definition) is 4. The fourth-order valence-corrected chi connectivity index (χ4v) is 5.08. The molecule has 1 aliphatic heterocycles. The summed E-state index contributed by atoms with van der Waals surface area (Å²) in [6.45, 7) is 5.11. The summed E-state index contributed by atoms with van der Waals surface area (Å²) in [5, 5.41) is 12.3. The zero-order chi connectivity index (χ0) is 29.2. The number of ether oxygens (including phenoxy) is 2. The van der Waals surface area contributed by atoms with E-state index in [1.165, 1.54) is 0 Å². The standard InChI is InChI=1S/C32H44N4O5/c1-21(2)29-32(39)35-27(20-22-10-11-22)30(37)34-16-6-8-24-7-4-5-9-28(24)41-18-17-33-26(31(38)36-29)19-23-12-14-25(40-3)15-13-23/h4-5,7,9,12-15,21-22,26-27,29,33H,6,8,10-11,16-20H2,1-3H3,(H,34,37)(H,35,39)(H,36,38)/t26-,27+,29-/m1/s1. The van der Waals surface area contributed by atoms with Crippen molar-refractivity contribution in [1.82, 2.24) is 21.3 Å². The van der Waals surface area contributed by atoms with Gasteiger partial charge in [0.1, 0.15) is 30.2 Å². The lowest BCUT2D eigenvalue weighted by Crippen LogP contribution is -2.58. The van der Waals surface area contributed by atoms with E-state index >= 15 is 0 Å². The third-order valence-electron chi connectivity index (χ3n) is 7.71. The van der Waals surface area contributed by atoms with Crippen LogP contribution in [-0.4, -0.2) is 62.7 Å². The molecule has 3 atom stereocenters. The van der Waals surface area contributed by atoms with Crippen molar-refractivity contribution in [3.05, 3.63) is 59.7 Å². The number of hydrogen-bond acceptors (Lipinski definition) is 6. The molecule has 4 N–H and O–H groups in total. The molecule has 1 heterocycles. The van der Waals surface area contributed by atoms with Crippen LogP contribution in [-0.2, 0) is 27.2 Å². The number of carbonyl (C=O) groups is 3.